The van der Waals surface area contributed by atoms with Crippen LogP contribution in [0, 0.1) is 11.7 Å². The van der Waals surface area contributed by atoms with E-state index in [9.17, 15) is 22.7 Å². The number of halogens is 1. The van der Waals surface area contributed by atoms with Gasteiger partial charge in [0.1, 0.15) is 11.9 Å². The lowest BCUT2D eigenvalue weighted by Crippen LogP contribution is -2.51. The van der Waals surface area contributed by atoms with Crippen molar-refractivity contribution in [2.45, 2.75) is 55.2 Å². The number of carbonyl (C=O) groups excluding carboxylic acids is 1. The maximum absolute atomic E-state index is 12.9. The van der Waals surface area contributed by atoms with E-state index in [2.05, 4.69) is 10.0 Å². The Balaban J connectivity index is 1.46. The quantitative estimate of drug-likeness (QED) is 0.602. The minimum atomic E-state index is -3.70. The standard InChI is InChI=1S/C18H25FN2O5S/c19-13-3-6-15(7-4-13)27(24,25)20-10-9-14-5-8-16(17(11-22)26-14)21-18(23)12-1-2-12/h3-4,6-7,12,14,16-17,20,22H,1-2,5,8-11H2,(H,21,23)/t14-,16-,17-/m1/s1. The van der Waals surface area contributed by atoms with E-state index in [1.54, 1.807) is 0 Å². The fourth-order valence-electron chi connectivity index (χ4n) is 3.21. The Hall–Kier alpha value is -1.55. The molecule has 9 heteroatoms. The fraction of sp³-hybridized carbons (Fsp3) is 0.611. The van der Waals surface area contributed by atoms with E-state index in [-0.39, 0.29) is 42.0 Å². The number of ether oxygens (including phenoxy) is 1. The molecule has 7 nitrogen and oxygen atoms in total. The normalized spacial score (nSPS) is 25.9. The van der Waals surface area contributed by atoms with E-state index in [1.807, 2.05) is 0 Å². The number of hydrogen-bond acceptors (Lipinski definition) is 5. The molecule has 1 saturated carbocycles. The third-order valence-corrected chi connectivity index (χ3v) is 6.43. The highest BCUT2D eigenvalue weighted by Gasteiger charge is 2.36. The maximum atomic E-state index is 12.9. The molecule has 0 aromatic heterocycles. The highest BCUT2D eigenvalue weighted by molar-refractivity contribution is 7.89. The molecule has 1 amide bonds. The number of rotatable bonds is 8. The van der Waals surface area contributed by atoms with Gasteiger partial charge in [-0.3, -0.25) is 4.79 Å². The molecule has 1 aromatic rings. The van der Waals surface area contributed by atoms with Crippen LogP contribution in [0.25, 0.3) is 0 Å². The molecule has 1 heterocycles. The third kappa shape index (κ3) is 5.47. The van der Waals surface area contributed by atoms with Crippen LogP contribution in [0.4, 0.5) is 4.39 Å². The minimum absolute atomic E-state index is 0.00421. The number of amides is 1. The molecular formula is C18H25FN2O5S. The first-order chi connectivity index (χ1) is 12.9. The zero-order valence-electron chi connectivity index (χ0n) is 14.9. The lowest BCUT2D eigenvalue weighted by molar-refractivity contribution is -0.129. The number of nitrogens with one attached hydrogen (secondary N) is 2. The Morgan fingerprint density at radius 1 is 1.19 bits per heavy atom. The van der Waals surface area contributed by atoms with E-state index in [0.717, 1.165) is 25.0 Å². The van der Waals surface area contributed by atoms with Crippen LogP contribution < -0.4 is 10.0 Å². The van der Waals surface area contributed by atoms with Crippen molar-refractivity contribution in [2.24, 2.45) is 5.92 Å². The molecule has 150 valence electrons. The molecule has 0 unspecified atom stereocenters. The lowest BCUT2D eigenvalue weighted by atomic mass is 9.97. The van der Waals surface area contributed by atoms with Crippen LogP contribution >= 0.6 is 0 Å². The van der Waals surface area contributed by atoms with Crippen molar-refractivity contribution in [2.75, 3.05) is 13.2 Å². The lowest BCUT2D eigenvalue weighted by Gasteiger charge is -2.36. The van der Waals surface area contributed by atoms with Gasteiger partial charge in [0.2, 0.25) is 15.9 Å². The van der Waals surface area contributed by atoms with E-state index >= 15 is 0 Å². The van der Waals surface area contributed by atoms with E-state index in [4.69, 9.17) is 4.74 Å². The summed E-state index contributed by atoms with van der Waals surface area (Å²) < 4.78 is 45.6. The molecule has 0 spiro atoms. The number of hydrogen-bond donors (Lipinski definition) is 3. The number of sulfonamides is 1. The predicted molar refractivity (Wildman–Crippen MR) is 95.8 cm³/mol. The third-order valence-electron chi connectivity index (χ3n) is 4.95. The number of carbonyl (C=O) groups is 1. The molecule has 3 rings (SSSR count). The summed E-state index contributed by atoms with van der Waals surface area (Å²) in [6, 6.07) is 4.41. The molecule has 2 aliphatic rings. The first-order valence-corrected chi connectivity index (χ1v) is 10.7. The van der Waals surface area contributed by atoms with Crippen molar-refractivity contribution in [3.8, 4) is 0 Å². The highest BCUT2D eigenvalue weighted by atomic mass is 32.2. The Labute approximate surface area is 158 Å². The van der Waals surface area contributed by atoms with Crippen molar-refractivity contribution in [3.05, 3.63) is 30.1 Å². The second kappa shape index (κ2) is 8.64. The van der Waals surface area contributed by atoms with E-state index < -0.39 is 21.9 Å². The molecule has 3 atom stereocenters. The number of benzene rings is 1. The molecule has 1 aliphatic carbocycles. The Kier molecular flexibility index (Phi) is 6.46. The number of aliphatic hydroxyl groups excluding tert-OH is 1. The van der Waals surface area contributed by atoms with Crippen molar-refractivity contribution in [1.82, 2.24) is 10.0 Å². The smallest absolute Gasteiger partial charge is 0.240 e. The van der Waals surface area contributed by atoms with Gasteiger partial charge in [-0.25, -0.2) is 17.5 Å². The fourth-order valence-corrected chi connectivity index (χ4v) is 4.25. The topological polar surface area (TPSA) is 105 Å². The summed E-state index contributed by atoms with van der Waals surface area (Å²) in [7, 11) is -3.70. The summed E-state index contributed by atoms with van der Waals surface area (Å²) in [6.45, 7) is -0.0327. The summed E-state index contributed by atoms with van der Waals surface area (Å²) in [6.07, 6.45) is 2.94. The first kappa shape index (κ1) is 20.2. The molecule has 1 saturated heterocycles. The molecule has 1 aromatic carbocycles. The summed E-state index contributed by atoms with van der Waals surface area (Å²) in [5, 5.41) is 12.5. The summed E-state index contributed by atoms with van der Waals surface area (Å²) in [5.74, 6) is -0.376. The van der Waals surface area contributed by atoms with Crippen LogP contribution in [0.15, 0.2) is 29.2 Å². The molecule has 0 radical (unpaired) electrons. The monoisotopic (exact) mass is 400 g/mol. The second-order valence-electron chi connectivity index (χ2n) is 7.09. The zero-order chi connectivity index (χ0) is 19.4. The molecule has 2 fully saturated rings. The molecule has 27 heavy (non-hydrogen) atoms. The van der Waals surface area contributed by atoms with Gasteiger partial charge in [0.25, 0.3) is 0 Å². The van der Waals surface area contributed by atoms with Crippen LogP contribution in [-0.2, 0) is 19.6 Å². The zero-order valence-corrected chi connectivity index (χ0v) is 15.8. The number of aliphatic hydroxyl groups is 1. The summed E-state index contributed by atoms with van der Waals surface area (Å²) in [4.78, 5) is 11.9. The van der Waals surface area contributed by atoms with Crippen LogP contribution in [-0.4, -0.2) is 50.8 Å². The van der Waals surface area contributed by atoms with Crippen LogP contribution in [0.2, 0.25) is 0 Å². The molecular weight excluding hydrogens is 375 g/mol. The Morgan fingerprint density at radius 3 is 2.52 bits per heavy atom. The highest BCUT2D eigenvalue weighted by Crippen LogP contribution is 2.30. The van der Waals surface area contributed by atoms with Gasteiger partial charge < -0.3 is 15.2 Å². The largest absolute Gasteiger partial charge is 0.394 e. The SMILES string of the molecule is O=C(N[C@@H]1CC[C@H](CCNS(=O)(=O)c2ccc(F)cc2)O[C@@H]1CO)C1CC1. The molecule has 0 bridgehead atoms. The Bertz CT molecular complexity index is 752. The van der Waals surface area contributed by atoms with Crippen molar-refractivity contribution >= 4 is 15.9 Å². The average Bonchev–Trinajstić information content (AvgIpc) is 3.48. The van der Waals surface area contributed by atoms with E-state index in [0.29, 0.717) is 19.3 Å². The maximum Gasteiger partial charge on any atom is 0.240 e. The average molecular weight is 400 g/mol. The minimum Gasteiger partial charge on any atom is -0.394 e. The van der Waals surface area contributed by atoms with E-state index in [1.165, 1.54) is 12.1 Å². The van der Waals surface area contributed by atoms with Gasteiger partial charge in [-0.1, -0.05) is 0 Å². The van der Waals surface area contributed by atoms with Crippen molar-refractivity contribution < 1.29 is 27.4 Å². The summed E-state index contributed by atoms with van der Waals surface area (Å²) in [5.41, 5.74) is 0. The van der Waals surface area contributed by atoms with Gasteiger partial charge in [-0.2, -0.15) is 0 Å². The van der Waals surface area contributed by atoms with Gasteiger partial charge in [-0.15, -0.1) is 0 Å². The van der Waals surface area contributed by atoms with Crippen LogP contribution in [0.1, 0.15) is 32.1 Å². The van der Waals surface area contributed by atoms with Gasteiger partial charge in [0, 0.05) is 12.5 Å². The van der Waals surface area contributed by atoms with Gasteiger partial charge >= 0.3 is 0 Å². The van der Waals surface area contributed by atoms with Gasteiger partial charge in [0.15, 0.2) is 0 Å². The van der Waals surface area contributed by atoms with Crippen molar-refractivity contribution in [1.29, 1.82) is 0 Å². The van der Waals surface area contributed by atoms with Crippen molar-refractivity contribution in [3.63, 3.8) is 0 Å². The molecule has 1 aliphatic heterocycles. The van der Waals surface area contributed by atoms with Gasteiger partial charge in [-0.05, 0) is 56.4 Å². The molecule has 3 N–H and O–H groups in total. The van der Waals surface area contributed by atoms with Crippen LogP contribution in [0.3, 0.4) is 0 Å². The van der Waals surface area contributed by atoms with Gasteiger partial charge in [0.05, 0.1) is 23.6 Å². The second-order valence-corrected chi connectivity index (χ2v) is 8.85. The first-order valence-electron chi connectivity index (χ1n) is 9.21. The summed E-state index contributed by atoms with van der Waals surface area (Å²) >= 11 is 0. The Morgan fingerprint density at radius 2 is 1.89 bits per heavy atom. The van der Waals surface area contributed by atoms with Crippen LogP contribution in [0.5, 0.6) is 0 Å². The predicted octanol–water partition coefficient (Wildman–Crippen LogP) is 0.929.